The highest BCUT2D eigenvalue weighted by molar-refractivity contribution is 5.72. The maximum absolute atomic E-state index is 10.6. The van der Waals surface area contributed by atoms with Gasteiger partial charge in [-0.25, -0.2) is 0 Å². The number of hydrogen-bond donors (Lipinski definition) is 0. The van der Waals surface area contributed by atoms with E-state index in [0.29, 0.717) is 5.92 Å². The monoisotopic (exact) mass is 168 g/mol. The summed E-state index contributed by atoms with van der Waals surface area (Å²) in [5.74, 6) is 0.586. The molecule has 0 saturated carbocycles. The molecule has 0 aliphatic heterocycles. The minimum Gasteiger partial charge on any atom is -0.298 e. The van der Waals surface area contributed by atoms with E-state index in [-0.39, 0.29) is 0 Å². The summed E-state index contributed by atoms with van der Waals surface area (Å²) in [6.45, 7) is 6.44. The van der Waals surface area contributed by atoms with Crippen LogP contribution in [0, 0.1) is 5.92 Å². The van der Waals surface area contributed by atoms with Crippen LogP contribution in [0.25, 0.3) is 0 Å². The van der Waals surface area contributed by atoms with Crippen molar-refractivity contribution in [1.29, 1.82) is 0 Å². The molecule has 0 aliphatic carbocycles. The topological polar surface area (TPSA) is 17.1 Å². The quantitative estimate of drug-likeness (QED) is 0.338. The Bertz CT molecular complexity index is 145. The molecule has 0 aromatic rings. The Hall–Kier alpha value is -0.590. The number of aldehydes is 1. The number of hydrogen-bond acceptors (Lipinski definition) is 1. The third-order valence-electron chi connectivity index (χ3n) is 1.76. The second-order valence-corrected chi connectivity index (χ2v) is 3.64. The van der Waals surface area contributed by atoms with E-state index in [4.69, 9.17) is 0 Å². The van der Waals surface area contributed by atoms with E-state index in [1.54, 1.807) is 0 Å². The minimum atomic E-state index is 0.586. The SMILES string of the molecule is CCCC/C=C(/C=O)CC(C)C. The van der Waals surface area contributed by atoms with Crippen molar-refractivity contribution in [2.75, 3.05) is 0 Å². The first-order valence-corrected chi connectivity index (χ1v) is 4.84. The first-order chi connectivity index (χ1) is 5.70. The molecule has 0 fully saturated rings. The summed E-state index contributed by atoms with van der Waals surface area (Å²) in [6, 6.07) is 0. The number of carbonyl (C=O) groups excluding carboxylic acids is 1. The van der Waals surface area contributed by atoms with Crippen molar-refractivity contribution < 1.29 is 4.79 Å². The summed E-state index contributed by atoms with van der Waals surface area (Å²) in [5, 5.41) is 0. The molecule has 0 amide bonds. The highest BCUT2D eigenvalue weighted by Crippen LogP contribution is 2.10. The van der Waals surface area contributed by atoms with Gasteiger partial charge in [0.15, 0.2) is 0 Å². The van der Waals surface area contributed by atoms with Gasteiger partial charge in [0.05, 0.1) is 0 Å². The fourth-order valence-corrected chi connectivity index (χ4v) is 1.14. The van der Waals surface area contributed by atoms with Crippen LogP contribution in [0.5, 0.6) is 0 Å². The molecule has 0 aromatic carbocycles. The summed E-state index contributed by atoms with van der Waals surface area (Å²) < 4.78 is 0. The minimum absolute atomic E-state index is 0.586. The standard InChI is InChI=1S/C11H20O/c1-4-5-6-7-11(9-12)8-10(2)3/h7,9-10H,4-6,8H2,1-3H3/b11-7+. The molecule has 0 bridgehead atoms. The largest absolute Gasteiger partial charge is 0.298 e. The predicted octanol–water partition coefficient (Wildman–Crippen LogP) is 3.35. The smallest absolute Gasteiger partial charge is 0.145 e. The Kier molecular flexibility index (Phi) is 6.73. The molecule has 0 atom stereocenters. The lowest BCUT2D eigenvalue weighted by Gasteiger charge is -2.02. The third kappa shape index (κ3) is 6.14. The van der Waals surface area contributed by atoms with Gasteiger partial charge in [0, 0.05) is 0 Å². The van der Waals surface area contributed by atoms with Crippen molar-refractivity contribution >= 4 is 6.29 Å². The van der Waals surface area contributed by atoms with Gasteiger partial charge in [-0.15, -0.1) is 0 Å². The Morgan fingerprint density at radius 1 is 1.42 bits per heavy atom. The molecule has 1 heteroatoms. The lowest BCUT2D eigenvalue weighted by atomic mass is 10.0. The van der Waals surface area contributed by atoms with Gasteiger partial charge in [0.1, 0.15) is 6.29 Å². The molecule has 0 rings (SSSR count). The van der Waals surface area contributed by atoms with Crippen molar-refractivity contribution in [3.8, 4) is 0 Å². The van der Waals surface area contributed by atoms with Crippen LogP contribution in [0.1, 0.15) is 46.5 Å². The highest BCUT2D eigenvalue weighted by atomic mass is 16.1. The zero-order valence-electron chi connectivity index (χ0n) is 8.47. The molecule has 70 valence electrons. The van der Waals surface area contributed by atoms with E-state index in [2.05, 4.69) is 26.8 Å². The second-order valence-electron chi connectivity index (χ2n) is 3.64. The van der Waals surface area contributed by atoms with E-state index in [0.717, 1.165) is 24.7 Å². The van der Waals surface area contributed by atoms with E-state index < -0.39 is 0 Å². The Labute approximate surface area is 75.9 Å². The first kappa shape index (κ1) is 11.4. The highest BCUT2D eigenvalue weighted by Gasteiger charge is 1.98. The van der Waals surface area contributed by atoms with Crippen LogP contribution in [0.3, 0.4) is 0 Å². The number of unbranched alkanes of at least 4 members (excludes halogenated alkanes) is 2. The molecule has 0 heterocycles. The van der Waals surface area contributed by atoms with E-state index in [1.165, 1.54) is 12.8 Å². The average Bonchev–Trinajstić information content (AvgIpc) is 2.02. The molecular weight excluding hydrogens is 148 g/mol. The Balaban J connectivity index is 3.78. The van der Waals surface area contributed by atoms with Gasteiger partial charge >= 0.3 is 0 Å². The van der Waals surface area contributed by atoms with Crippen LogP contribution in [-0.4, -0.2) is 6.29 Å². The fraction of sp³-hybridized carbons (Fsp3) is 0.727. The first-order valence-electron chi connectivity index (χ1n) is 4.84. The number of allylic oxidation sites excluding steroid dienone is 2. The molecule has 1 nitrogen and oxygen atoms in total. The van der Waals surface area contributed by atoms with Gasteiger partial charge in [-0.3, -0.25) is 4.79 Å². The van der Waals surface area contributed by atoms with Gasteiger partial charge in [-0.1, -0.05) is 39.7 Å². The van der Waals surface area contributed by atoms with Gasteiger partial charge in [-0.05, 0) is 24.3 Å². The van der Waals surface area contributed by atoms with Crippen LogP contribution in [0.4, 0.5) is 0 Å². The zero-order chi connectivity index (χ0) is 9.40. The third-order valence-corrected chi connectivity index (χ3v) is 1.76. The van der Waals surface area contributed by atoms with E-state index >= 15 is 0 Å². The van der Waals surface area contributed by atoms with Crippen molar-refractivity contribution in [3.63, 3.8) is 0 Å². The van der Waals surface area contributed by atoms with Crippen LogP contribution >= 0.6 is 0 Å². The van der Waals surface area contributed by atoms with Gasteiger partial charge in [-0.2, -0.15) is 0 Å². The molecule has 12 heavy (non-hydrogen) atoms. The lowest BCUT2D eigenvalue weighted by molar-refractivity contribution is -0.105. The fourth-order valence-electron chi connectivity index (χ4n) is 1.14. The molecule has 0 spiro atoms. The summed E-state index contributed by atoms with van der Waals surface area (Å²) >= 11 is 0. The maximum Gasteiger partial charge on any atom is 0.145 e. The molecule has 0 radical (unpaired) electrons. The second kappa shape index (κ2) is 7.08. The van der Waals surface area contributed by atoms with Gasteiger partial charge in [0.25, 0.3) is 0 Å². The van der Waals surface area contributed by atoms with E-state index in [9.17, 15) is 4.79 Å². The molecule has 0 N–H and O–H groups in total. The summed E-state index contributed by atoms with van der Waals surface area (Å²) in [6.07, 6.45) is 7.44. The van der Waals surface area contributed by atoms with Crippen LogP contribution < -0.4 is 0 Å². The van der Waals surface area contributed by atoms with Crippen molar-refractivity contribution in [3.05, 3.63) is 11.6 Å². The molecule has 0 saturated heterocycles. The molecule has 0 aliphatic rings. The van der Waals surface area contributed by atoms with Gasteiger partial charge in [0.2, 0.25) is 0 Å². The summed E-state index contributed by atoms with van der Waals surface area (Å²) in [7, 11) is 0. The van der Waals surface area contributed by atoms with Crippen molar-refractivity contribution in [2.45, 2.75) is 46.5 Å². The number of carbonyl (C=O) groups is 1. The van der Waals surface area contributed by atoms with Crippen LogP contribution in [0.15, 0.2) is 11.6 Å². The van der Waals surface area contributed by atoms with E-state index in [1.807, 2.05) is 0 Å². The van der Waals surface area contributed by atoms with Crippen molar-refractivity contribution in [2.24, 2.45) is 5.92 Å². The molecule has 0 unspecified atom stereocenters. The zero-order valence-corrected chi connectivity index (χ0v) is 8.47. The summed E-state index contributed by atoms with van der Waals surface area (Å²) in [4.78, 5) is 10.6. The normalized spacial score (nSPS) is 12.2. The molecular formula is C11H20O. The molecule has 0 aromatic heterocycles. The lowest BCUT2D eigenvalue weighted by Crippen LogP contribution is -1.92. The Morgan fingerprint density at radius 3 is 2.50 bits per heavy atom. The van der Waals surface area contributed by atoms with Crippen molar-refractivity contribution in [1.82, 2.24) is 0 Å². The summed E-state index contributed by atoms with van der Waals surface area (Å²) in [5.41, 5.74) is 0.971. The van der Waals surface area contributed by atoms with Crippen LogP contribution in [-0.2, 0) is 4.79 Å². The predicted molar refractivity (Wildman–Crippen MR) is 53.1 cm³/mol. The van der Waals surface area contributed by atoms with Gasteiger partial charge < -0.3 is 0 Å². The Morgan fingerprint density at radius 2 is 2.08 bits per heavy atom. The number of rotatable bonds is 6. The van der Waals surface area contributed by atoms with Crippen LogP contribution in [0.2, 0.25) is 0 Å². The average molecular weight is 168 g/mol. The maximum atomic E-state index is 10.6.